The number of amides is 1. The van der Waals surface area contributed by atoms with E-state index in [2.05, 4.69) is 10.0 Å². The minimum absolute atomic E-state index is 0.0199. The van der Waals surface area contributed by atoms with Crippen LogP contribution in [0, 0.1) is 0 Å². The number of benzene rings is 1. The molecule has 2 N–H and O–H groups in total. The summed E-state index contributed by atoms with van der Waals surface area (Å²) in [7, 11) is -1.82. The number of hydrogen-bond donors (Lipinski definition) is 2. The number of methoxy groups -OCH3 is 1. The van der Waals surface area contributed by atoms with E-state index in [1.165, 1.54) is 0 Å². The Kier molecular flexibility index (Phi) is 6.15. The molecule has 0 saturated heterocycles. The smallest absolute Gasteiger partial charge is 0.240 e. The molecule has 0 bridgehead atoms. The molecule has 2 rings (SSSR count). The minimum atomic E-state index is -3.41. The Morgan fingerprint density at radius 2 is 1.96 bits per heavy atom. The molecule has 0 spiro atoms. The quantitative estimate of drug-likeness (QED) is 0.708. The number of aryl methyl sites for hydroxylation is 1. The molecule has 7 heteroatoms. The standard InChI is InChI=1S/C16H24N2O4S/c1-12(11-22-2)17-16(19)10-5-13-3-8-15(9-4-13)23(20,21)18-14-6-7-14/h3-4,8-9,12,14,18H,5-7,10-11H2,1-2H3,(H,17,19)/t12-/m1/s1. The van der Waals surface area contributed by atoms with E-state index in [9.17, 15) is 13.2 Å². The van der Waals surface area contributed by atoms with Gasteiger partial charge in [0.15, 0.2) is 0 Å². The Morgan fingerprint density at radius 3 is 2.52 bits per heavy atom. The van der Waals surface area contributed by atoms with Crippen molar-refractivity contribution in [3.63, 3.8) is 0 Å². The van der Waals surface area contributed by atoms with E-state index in [1.807, 2.05) is 6.92 Å². The maximum atomic E-state index is 12.1. The summed E-state index contributed by atoms with van der Waals surface area (Å²) in [5.74, 6) is -0.0401. The number of sulfonamides is 1. The van der Waals surface area contributed by atoms with Gasteiger partial charge in [-0.1, -0.05) is 12.1 Å². The highest BCUT2D eigenvalue weighted by atomic mass is 32.2. The predicted molar refractivity (Wildman–Crippen MR) is 87.6 cm³/mol. The van der Waals surface area contributed by atoms with Gasteiger partial charge >= 0.3 is 0 Å². The van der Waals surface area contributed by atoms with Gasteiger partial charge in [-0.2, -0.15) is 0 Å². The van der Waals surface area contributed by atoms with Crippen molar-refractivity contribution in [2.75, 3.05) is 13.7 Å². The van der Waals surface area contributed by atoms with Gasteiger partial charge in [0.05, 0.1) is 11.5 Å². The number of carbonyl (C=O) groups is 1. The van der Waals surface area contributed by atoms with Crippen LogP contribution in [-0.2, 0) is 26.0 Å². The van der Waals surface area contributed by atoms with Crippen LogP contribution in [0.25, 0.3) is 0 Å². The molecular formula is C16H24N2O4S. The summed E-state index contributed by atoms with van der Waals surface area (Å²) in [5.41, 5.74) is 0.935. The maximum Gasteiger partial charge on any atom is 0.240 e. The van der Waals surface area contributed by atoms with Crippen LogP contribution in [0.15, 0.2) is 29.2 Å². The lowest BCUT2D eigenvalue weighted by Gasteiger charge is -2.12. The third-order valence-electron chi connectivity index (χ3n) is 3.60. The Balaban J connectivity index is 1.84. The molecule has 1 aromatic carbocycles. The van der Waals surface area contributed by atoms with Crippen LogP contribution in [0.3, 0.4) is 0 Å². The third kappa shape index (κ3) is 5.93. The second-order valence-corrected chi connectivity index (χ2v) is 7.68. The lowest BCUT2D eigenvalue weighted by Crippen LogP contribution is -2.35. The van der Waals surface area contributed by atoms with Crippen LogP contribution in [0.4, 0.5) is 0 Å². The topological polar surface area (TPSA) is 84.5 Å². The first-order valence-corrected chi connectivity index (χ1v) is 9.28. The van der Waals surface area contributed by atoms with Crippen molar-refractivity contribution in [1.82, 2.24) is 10.0 Å². The van der Waals surface area contributed by atoms with Crippen molar-refractivity contribution >= 4 is 15.9 Å². The Hall–Kier alpha value is -1.44. The van der Waals surface area contributed by atoms with Crippen LogP contribution in [0.1, 0.15) is 31.7 Å². The first-order valence-electron chi connectivity index (χ1n) is 7.80. The lowest BCUT2D eigenvalue weighted by molar-refractivity contribution is -0.122. The molecule has 128 valence electrons. The number of nitrogens with one attached hydrogen (secondary N) is 2. The molecule has 1 saturated carbocycles. The number of carbonyl (C=O) groups excluding carboxylic acids is 1. The third-order valence-corrected chi connectivity index (χ3v) is 5.13. The zero-order chi connectivity index (χ0) is 16.9. The fraction of sp³-hybridized carbons (Fsp3) is 0.562. The number of rotatable bonds is 9. The van der Waals surface area contributed by atoms with E-state index in [4.69, 9.17) is 4.74 Å². The van der Waals surface area contributed by atoms with E-state index in [0.29, 0.717) is 19.4 Å². The number of ether oxygens (including phenoxy) is 1. The average Bonchev–Trinajstić information content (AvgIpc) is 3.29. The molecular weight excluding hydrogens is 316 g/mol. The molecule has 1 aliphatic rings. The van der Waals surface area contributed by atoms with Gasteiger partial charge < -0.3 is 10.1 Å². The Bertz CT molecular complexity index is 624. The molecule has 0 unspecified atom stereocenters. The van der Waals surface area contributed by atoms with Crippen LogP contribution in [0.5, 0.6) is 0 Å². The van der Waals surface area contributed by atoms with Gasteiger partial charge in [0.1, 0.15) is 0 Å². The van der Waals surface area contributed by atoms with Gasteiger partial charge in [-0.25, -0.2) is 13.1 Å². The van der Waals surface area contributed by atoms with Gasteiger partial charge in [0.2, 0.25) is 15.9 Å². The first kappa shape index (κ1) is 17.9. The van der Waals surface area contributed by atoms with Gasteiger partial charge in [0, 0.05) is 25.6 Å². The monoisotopic (exact) mass is 340 g/mol. The summed E-state index contributed by atoms with van der Waals surface area (Å²) < 4.78 is 31.7. The molecule has 0 aliphatic heterocycles. The lowest BCUT2D eigenvalue weighted by atomic mass is 10.1. The summed E-state index contributed by atoms with van der Waals surface area (Å²) in [5, 5.41) is 2.85. The summed E-state index contributed by atoms with van der Waals surface area (Å²) in [4.78, 5) is 12.1. The van der Waals surface area contributed by atoms with Crippen molar-refractivity contribution in [3.8, 4) is 0 Å². The summed E-state index contributed by atoms with van der Waals surface area (Å²) in [6, 6.07) is 6.77. The molecule has 0 heterocycles. The molecule has 0 aromatic heterocycles. The molecule has 1 aliphatic carbocycles. The molecule has 23 heavy (non-hydrogen) atoms. The summed E-state index contributed by atoms with van der Waals surface area (Å²) in [6.07, 6.45) is 2.75. The fourth-order valence-corrected chi connectivity index (χ4v) is 3.53. The zero-order valence-electron chi connectivity index (χ0n) is 13.5. The van der Waals surface area contributed by atoms with E-state index < -0.39 is 10.0 Å². The summed E-state index contributed by atoms with van der Waals surface area (Å²) in [6.45, 7) is 2.36. The largest absolute Gasteiger partial charge is 0.383 e. The van der Waals surface area contributed by atoms with Gasteiger partial charge in [-0.15, -0.1) is 0 Å². The van der Waals surface area contributed by atoms with E-state index in [1.54, 1.807) is 31.4 Å². The van der Waals surface area contributed by atoms with Crippen LogP contribution in [-0.4, -0.2) is 40.1 Å². The SMILES string of the molecule is COC[C@@H](C)NC(=O)CCc1ccc(S(=O)(=O)NC2CC2)cc1. The van der Waals surface area contributed by atoms with E-state index in [0.717, 1.165) is 18.4 Å². The van der Waals surface area contributed by atoms with Crippen molar-refractivity contribution in [2.24, 2.45) is 0 Å². The highest BCUT2D eigenvalue weighted by molar-refractivity contribution is 7.89. The van der Waals surface area contributed by atoms with Crippen molar-refractivity contribution in [1.29, 1.82) is 0 Å². The fourth-order valence-electron chi connectivity index (χ4n) is 2.22. The zero-order valence-corrected chi connectivity index (χ0v) is 14.4. The molecule has 0 radical (unpaired) electrons. The Morgan fingerprint density at radius 1 is 1.30 bits per heavy atom. The highest BCUT2D eigenvalue weighted by Crippen LogP contribution is 2.22. The van der Waals surface area contributed by atoms with Crippen LogP contribution >= 0.6 is 0 Å². The highest BCUT2D eigenvalue weighted by Gasteiger charge is 2.27. The second kappa shape index (κ2) is 7.90. The van der Waals surface area contributed by atoms with E-state index >= 15 is 0 Å². The number of hydrogen-bond acceptors (Lipinski definition) is 4. The normalized spacial score (nSPS) is 16.1. The van der Waals surface area contributed by atoms with Crippen LogP contribution in [0.2, 0.25) is 0 Å². The van der Waals surface area contributed by atoms with Crippen molar-refractivity contribution < 1.29 is 17.9 Å². The van der Waals surface area contributed by atoms with Crippen molar-refractivity contribution in [3.05, 3.63) is 29.8 Å². The predicted octanol–water partition coefficient (Wildman–Crippen LogP) is 1.21. The molecule has 6 nitrogen and oxygen atoms in total. The van der Waals surface area contributed by atoms with Gasteiger partial charge in [0.25, 0.3) is 0 Å². The minimum Gasteiger partial charge on any atom is -0.383 e. The van der Waals surface area contributed by atoms with Crippen molar-refractivity contribution in [2.45, 2.75) is 49.6 Å². The van der Waals surface area contributed by atoms with Crippen LogP contribution < -0.4 is 10.0 Å². The molecule has 1 fully saturated rings. The Labute approximate surface area is 137 Å². The first-order chi connectivity index (χ1) is 10.9. The maximum absolute atomic E-state index is 12.1. The van der Waals surface area contributed by atoms with Gasteiger partial charge in [-0.05, 0) is 43.9 Å². The van der Waals surface area contributed by atoms with Gasteiger partial charge in [-0.3, -0.25) is 4.79 Å². The molecule has 1 atom stereocenters. The van der Waals surface area contributed by atoms with E-state index in [-0.39, 0.29) is 22.9 Å². The average molecular weight is 340 g/mol. The summed E-state index contributed by atoms with van der Waals surface area (Å²) >= 11 is 0. The molecule has 1 aromatic rings. The second-order valence-electron chi connectivity index (χ2n) is 5.96. The molecule has 1 amide bonds.